The fourth-order valence-corrected chi connectivity index (χ4v) is 3.38. The van der Waals surface area contributed by atoms with Gasteiger partial charge in [0.2, 0.25) is 5.82 Å². The van der Waals surface area contributed by atoms with E-state index < -0.39 is 4.92 Å². The van der Waals surface area contributed by atoms with Crippen LogP contribution in [0.15, 0.2) is 22.7 Å². The van der Waals surface area contributed by atoms with Crippen LogP contribution in [0.1, 0.15) is 26.1 Å². The highest BCUT2D eigenvalue weighted by Gasteiger charge is 2.28. The van der Waals surface area contributed by atoms with Crippen LogP contribution in [0.5, 0.6) is 0 Å². The van der Waals surface area contributed by atoms with Gasteiger partial charge in [-0.15, -0.1) is 0 Å². The second kappa shape index (κ2) is 6.32. The second-order valence-electron chi connectivity index (χ2n) is 4.80. The van der Waals surface area contributed by atoms with Crippen LogP contribution in [0.4, 0.5) is 5.82 Å². The van der Waals surface area contributed by atoms with E-state index in [1.807, 2.05) is 18.4 Å². The maximum Gasteiger partial charge on any atom is 0.396 e. The third-order valence-corrected chi connectivity index (χ3v) is 4.40. The Balaban J connectivity index is 2.12. The van der Waals surface area contributed by atoms with Gasteiger partial charge in [-0.3, -0.25) is 4.57 Å². The van der Waals surface area contributed by atoms with Crippen LogP contribution in [0.2, 0.25) is 0 Å². The van der Waals surface area contributed by atoms with E-state index in [2.05, 4.69) is 24.9 Å². The minimum atomic E-state index is -0.445. The van der Waals surface area contributed by atoms with Crippen molar-refractivity contribution >= 4 is 28.7 Å². The summed E-state index contributed by atoms with van der Waals surface area (Å²) >= 11 is 1.22. The van der Waals surface area contributed by atoms with Crippen molar-refractivity contribution in [3.8, 4) is 0 Å². The number of aromatic nitrogens is 6. The van der Waals surface area contributed by atoms with Gasteiger partial charge >= 0.3 is 5.82 Å². The molecule has 0 spiro atoms. The van der Waals surface area contributed by atoms with Crippen molar-refractivity contribution in [2.75, 3.05) is 0 Å². The maximum absolute atomic E-state index is 11.4. The Morgan fingerprint density at radius 2 is 2.17 bits per heavy atom. The van der Waals surface area contributed by atoms with Crippen molar-refractivity contribution in [1.82, 2.24) is 29.5 Å². The topological polar surface area (TPSA) is 115 Å². The van der Waals surface area contributed by atoms with E-state index in [-0.39, 0.29) is 5.82 Å². The molecule has 0 aliphatic rings. The lowest BCUT2D eigenvalue weighted by Gasteiger charge is -2.07. The van der Waals surface area contributed by atoms with Crippen LogP contribution >= 0.6 is 11.8 Å². The molecule has 3 aromatic heterocycles. The fraction of sp³-hybridized carbons (Fsp3) is 0.385. The molecule has 0 aliphatic carbocycles. The zero-order valence-corrected chi connectivity index (χ0v) is 13.5. The predicted octanol–water partition coefficient (Wildman–Crippen LogP) is 2.58. The Hall–Kier alpha value is -2.49. The van der Waals surface area contributed by atoms with Crippen LogP contribution in [-0.4, -0.2) is 34.4 Å². The summed E-state index contributed by atoms with van der Waals surface area (Å²) in [6.07, 6.45) is 4.42. The standard InChI is InChI=1S/C13H15N7O2S/c1-3-5-19-8(4-2)18-11(20(21)22)13(19)23-12-9-10(15-6-14-9)16-7-17-12/h6-7H,3-5H2,1-2H3,(H,14,15,16,17). The van der Waals surface area contributed by atoms with Gasteiger partial charge in [0.25, 0.3) is 0 Å². The summed E-state index contributed by atoms with van der Waals surface area (Å²) in [6, 6.07) is 0. The van der Waals surface area contributed by atoms with Gasteiger partial charge in [0, 0.05) is 13.0 Å². The predicted molar refractivity (Wildman–Crippen MR) is 84.4 cm³/mol. The van der Waals surface area contributed by atoms with Crippen molar-refractivity contribution in [1.29, 1.82) is 0 Å². The third-order valence-electron chi connectivity index (χ3n) is 3.30. The number of aromatic amines is 1. The van der Waals surface area contributed by atoms with Crippen LogP contribution in [0.25, 0.3) is 11.2 Å². The summed E-state index contributed by atoms with van der Waals surface area (Å²) in [4.78, 5) is 30.5. The number of fused-ring (bicyclic) bond motifs is 1. The quantitative estimate of drug-likeness (QED) is 0.418. The number of imidazole rings is 2. The van der Waals surface area contributed by atoms with Gasteiger partial charge in [0.05, 0.1) is 6.33 Å². The maximum atomic E-state index is 11.4. The molecule has 0 aliphatic heterocycles. The van der Waals surface area contributed by atoms with Gasteiger partial charge < -0.3 is 15.1 Å². The number of nitro groups is 1. The monoisotopic (exact) mass is 333 g/mol. The van der Waals surface area contributed by atoms with Crippen molar-refractivity contribution in [2.45, 2.75) is 43.3 Å². The van der Waals surface area contributed by atoms with Gasteiger partial charge in [-0.25, -0.2) is 15.0 Å². The van der Waals surface area contributed by atoms with Gasteiger partial charge in [0.15, 0.2) is 10.7 Å². The number of nitrogens with zero attached hydrogens (tertiary/aromatic N) is 6. The molecule has 0 aromatic carbocycles. The summed E-state index contributed by atoms with van der Waals surface area (Å²) in [6.45, 7) is 4.63. The van der Waals surface area contributed by atoms with Gasteiger partial charge in [-0.05, 0) is 28.1 Å². The molecular formula is C13H15N7O2S. The van der Waals surface area contributed by atoms with E-state index in [1.165, 1.54) is 24.4 Å². The Morgan fingerprint density at radius 1 is 1.35 bits per heavy atom. The first-order chi connectivity index (χ1) is 11.2. The zero-order chi connectivity index (χ0) is 16.4. The van der Waals surface area contributed by atoms with E-state index in [0.717, 1.165) is 6.42 Å². The Morgan fingerprint density at radius 3 is 2.87 bits per heavy atom. The van der Waals surface area contributed by atoms with Gasteiger partial charge in [0.1, 0.15) is 16.9 Å². The number of nitrogens with one attached hydrogen (secondary N) is 1. The van der Waals surface area contributed by atoms with E-state index in [9.17, 15) is 10.1 Å². The third kappa shape index (κ3) is 2.77. The SMILES string of the molecule is CCCn1c(CC)nc([N+](=O)[O-])c1Sc1ncnc2nc[nH]c12. The van der Waals surface area contributed by atoms with Crippen molar-refractivity contribution in [2.24, 2.45) is 0 Å². The normalized spacial score (nSPS) is 11.2. The minimum Gasteiger partial charge on any atom is -0.358 e. The number of hydrogen-bond acceptors (Lipinski definition) is 7. The van der Waals surface area contributed by atoms with Crippen molar-refractivity contribution in [3.63, 3.8) is 0 Å². The van der Waals surface area contributed by atoms with Crippen LogP contribution < -0.4 is 0 Å². The first kappa shape index (κ1) is 15.4. The molecule has 3 rings (SSSR count). The van der Waals surface area contributed by atoms with Gasteiger partial charge in [-0.1, -0.05) is 13.8 Å². The van der Waals surface area contributed by atoms with Crippen LogP contribution in [0, 0.1) is 10.1 Å². The average Bonchev–Trinajstić information content (AvgIpc) is 3.14. The largest absolute Gasteiger partial charge is 0.396 e. The molecular weight excluding hydrogens is 318 g/mol. The highest BCUT2D eigenvalue weighted by molar-refractivity contribution is 7.99. The molecule has 0 unspecified atom stereocenters. The molecule has 10 heteroatoms. The molecule has 9 nitrogen and oxygen atoms in total. The molecule has 0 amide bonds. The Labute approximate surface area is 135 Å². The molecule has 3 heterocycles. The fourth-order valence-electron chi connectivity index (χ4n) is 2.32. The first-order valence-electron chi connectivity index (χ1n) is 7.21. The van der Waals surface area contributed by atoms with Crippen molar-refractivity contribution < 1.29 is 4.92 Å². The molecule has 23 heavy (non-hydrogen) atoms. The molecule has 120 valence electrons. The summed E-state index contributed by atoms with van der Waals surface area (Å²) in [5.74, 6) is 0.572. The number of H-pyrrole nitrogens is 1. The van der Waals surface area contributed by atoms with E-state index in [1.54, 1.807) is 0 Å². The molecule has 0 bridgehead atoms. The molecule has 0 saturated carbocycles. The lowest BCUT2D eigenvalue weighted by molar-refractivity contribution is -0.392. The minimum absolute atomic E-state index is 0.133. The molecule has 0 fully saturated rings. The summed E-state index contributed by atoms with van der Waals surface area (Å²) in [7, 11) is 0. The lowest BCUT2D eigenvalue weighted by atomic mass is 10.4. The molecule has 3 aromatic rings. The molecule has 0 radical (unpaired) electrons. The first-order valence-corrected chi connectivity index (χ1v) is 8.03. The molecule has 0 saturated heterocycles. The average molecular weight is 333 g/mol. The highest BCUT2D eigenvalue weighted by Crippen LogP contribution is 2.36. The summed E-state index contributed by atoms with van der Waals surface area (Å²) < 4.78 is 1.90. The Bertz CT molecular complexity index is 857. The summed E-state index contributed by atoms with van der Waals surface area (Å²) in [5.41, 5.74) is 1.19. The van der Waals surface area contributed by atoms with Crippen LogP contribution in [-0.2, 0) is 13.0 Å². The number of aryl methyl sites for hydroxylation is 1. The number of hydrogen-bond donors (Lipinski definition) is 1. The van der Waals surface area contributed by atoms with E-state index >= 15 is 0 Å². The smallest absolute Gasteiger partial charge is 0.358 e. The van der Waals surface area contributed by atoms with Gasteiger partial charge in [-0.2, -0.15) is 0 Å². The van der Waals surface area contributed by atoms with Crippen molar-refractivity contribution in [3.05, 3.63) is 28.6 Å². The van der Waals surface area contributed by atoms with E-state index in [0.29, 0.717) is 40.0 Å². The molecule has 0 atom stereocenters. The lowest BCUT2D eigenvalue weighted by Crippen LogP contribution is -2.04. The summed E-state index contributed by atoms with van der Waals surface area (Å²) in [5, 5.41) is 12.5. The van der Waals surface area contributed by atoms with E-state index in [4.69, 9.17) is 0 Å². The highest BCUT2D eigenvalue weighted by atomic mass is 32.2. The second-order valence-corrected chi connectivity index (χ2v) is 5.78. The van der Waals surface area contributed by atoms with Crippen LogP contribution in [0.3, 0.4) is 0 Å². The molecule has 1 N–H and O–H groups in total. The number of rotatable bonds is 6. The zero-order valence-electron chi connectivity index (χ0n) is 12.7. The Kier molecular flexibility index (Phi) is 4.24.